The molecule has 2 heterocycles. The SMILES string of the molecule is COc1ccc(NC(=O)CSC2=NN3CCCC(=O)N=C3S2)cc1. The summed E-state index contributed by atoms with van der Waals surface area (Å²) in [6.07, 6.45) is 1.20. The fourth-order valence-corrected chi connectivity index (χ4v) is 3.92. The van der Waals surface area contributed by atoms with Gasteiger partial charge in [-0.15, -0.1) is 0 Å². The molecule has 126 valence electrons. The lowest BCUT2D eigenvalue weighted by Crippen LogP contribution is -2.18. The van der Waals surface area contributed by atoms with Crippen molar-refractivity contribution in [1.82, 2.24) is 5.01 Å². The Balaban J connectivity index is 1.50. The summed E-state index contributed by atoms with van der Waals surface area (Å²) in [6.45, 7) is 0.680. The number of thioether (sulfide) groups is 2. The fourth-order valence-electron chi connectivity index (χ4n) is 2.12. The number of carbonyl (C=O) groups is 2. The molecule has 0 saturated carbocycles. The van der Waals surface area contributed by atoms with Gasteiger partial charge >= 0.3 is 0 Å². The highest BCUT2D eigenvalue weighted by molar-refractivity contribution is 8.45. The Morgan fingerprint density at radius 2 is 2.21 bits per heavy atom. The number of nitrogens with one attached hydrogen (secondary N) is 1. The zero-order valence-electron chi connectivity index (χ0n) is 13.0. The number of hydrazone groups is 1. The van der Waals surface area contributed by atoms with Crippen molar-refractivity contribution in [3.8, 4) is 5.75 Å². The van der Waals surface area contributed by atoms with E-state index in [1.807, 2.05) is 0 Å². The highest BCUT2D eigenvalue weighted by Gasteiger charge is 2.27. The topological polar surface area (TPSA) is 83.4 Å². The number of hydrogen-bond donors (Lipinski definition) is 1. The lowest BCUT2D eigenvalue weighted by Gasteiger charge is -2.08. The maximum atomic E-state index is 12.0. The number of hydrogen-bond acceptors (Lipinski definition) is 7. The molecule has 0 bridgehead atoms. The first-order valence-corrected chi connectivity index (χ1v) is 9.16. The second kappa shape index (κ2) is 7.71. The molecule has 9 heteroatoms. The first kappa shape index (κ1) is 16.8. The van der Waals surface area contributed by atoms with Crippen LogP contribution in [0, 0.1) is 0 Å². The van der Waals surface area contributed by atoms with Gasteiger partial charge in [0.15, 0.2) is 9.54 Å². The molecule has 0 spiro atoms. The average molecular weight is 364 g/mol. The summed E-state index contributed by atoms with van der Waals surface area (Å²) < 4.78 is 5.81. The lowest BCUT2D eigenvalue weighted by molar-refractivity contribution is -0.117. The Bertz CT molecular complexity index is 703. The highest BCUT2D eigenvalue weighted by Crippen LogP contribution is 2.29. The Kier molecular flexibility index (Phi) is 5.41. The first-order chi connectivity index (χ1) is 11.6. The van der Waals surface area contributed by atoms with Gasteiger partial charge in [0.1, 0.15) is 5.75 Å². The molecule has 1 N–H and O–H groups in total. The van der Waals surface area contributed by atoms with Gasteiger partial charge in [-0.1, -0.05) is 11.8 Å². The summed E-state index contributed by atoms with van der Waals surface area (Å²) in [4.78, 5) is 27.5. The van der Waals surface area contributed by atoms with E-state index in [0.29, 0.717) is 23.8 Å². The van der Waals surface area contributed by atoms with Crippen molar-refractivity contribution in [2.24, 2.45) is 10.1 Å². The number of aliphatic imine (C=N–C) groups is 1. The summed E-state index contributed by atoms with van der Waals surface area (Å²) in [7, 11) is 1.59. The number of amides is 2. The zero-order valence-corrected chi connectivity index (χ0v) is 14.7. The predicted octanol–water partition coefficient (Wildman–Crippen LogP) is 2.36. The fraction of sp³-hybridized carbons (Fsp3) is 0.333. The minimum absolute atomic E-state index is 0.112. The molecule has 3 rings (SSSR count). The van der Waals surface area contributed by atoms with E-state index in [0.717, 1.165) is 16.5 Å². The van der Waals surface area contributed by atoms with E-state index in [4.69, 9.17) is 4.74 Å². The van der Waals surface area contributed by atoms with Crippen molar-refractivity contribution in [3.63, 3.8) is 0 Å². The summed E-state index contributed by atoms with van der Waals surface area (Å²) in [5.41, 5.74) is 0.714. The Morgan fingerprint density at radius 3 is 2.96 bits per heavy atom. The molecule has 0 aromatic heterocycles. The van der Waals surface area contributed by atoms with Crippen LogP contribution in [-0.2, 0) is 9.59 Å². The lowest BCUT2D eigenvalue weighted by atomic mass is 10.3. The summed E-state index contributed by atoms with van der Waals surface area (Å²) >= 11 is 2.67. The van der Waals surface area contributed by atoms with Gasteiger partial charge in [-0.2, -0.15) is 10.1 Å². The van der Waals surface area contributed by atoms with Crippen molar-refractivity contribution in [3.05, 3.63) is 24.3 Å². The average Bonchev–Trinajstić information content (AvgIpc) is 2.87. The Labute approximate surface area is 147 Å². The van der Waals surface area contributed by atoms with Crippen molar-refractivity contribution >= 4 is 50.6 Å². The molecule has 0 unspecified atom stereocenters. The van der Waals surface area contributed by atoms with Crippen LogP contribution >= 0.6 is 23.5 Å². The van der Waals surface area contributed by atoms with Gasteiger partial charge < -0.3 is 10.1 Å². The molecule has 0 saturated heterocycles. The number of amidine groups is 1. The first-order valence-electron chi connectivity index (χ1n) is 7.36. The third-order valence-corrected chi connectivity index (χ3v) is 5.36. The van der Waals surface area contributed by atoms with Crippen molar-refractivity contribution in [2.75, 3.05) is 24.7 Å². The van der Waals surface area contributed by atoms with Crippen molar-refractivity contribution in [2.45, 2.75) is 12.8 Å². The van der Waals surface area contributed by atoms with Crippen LogP contribution in [0.5, 0.6) is 5.75 Å². The van der Waals surface area contributed by atoms with Crippen LogP contribution in [0.25, 0.3) is 0 Å². The molecule has 0 aliphatic carbocycles. The smallest absolute Gasteiger partial charge is 0.248 e. The standard InChI is InChI=1S/C15H16N4O3S2/c1-22-11-6-4-10(5-7-11)16-13(21)9-23-15-18-19-8-2-3-12(20)17-14(19)24-15/h4-7H,2-3,8-9H2,1H3,(H,16,21). The quantitative estimate of drug-likeness (QED) is 0.883. The third kappa shape index (κ3) is 4.30. The van der Waals surface area contributed by atoms with Crippen LogP contribution in [0.2, 0.25) is 0 Å². The van der Waals surface area contributed by atoms with E-state index in [9.17, 15) is 9.59 Å². The number of rotatable bonds is 4. The van der Waals surface area contributed by atoms with E-state index in [-0.39, 0.29) is 17.6 Å². The highest BCUT2D eigenvalue weighted by atomic mass is 32.2. The molecular weight excluding hydrogens is 348 g/mol. The molecule has 1 aromatic rings. The van der Waals surface area contributed by atoms with E-state index in [2.05, 4.69) is 15.4 Å². The molecular formula is C15H16N4O3S2. The Hall–Kier alpha value is -2.00. The molecule has 0 radical (unpaired) electrons. The van der Waals surface area contributed by atoms with Crippen molar-refractivity contribution < 1.29 is 14.3 Å². The summed E-state index contributed by atoms with van der Waals surface area (Å²) in [5, 5.41) is 9.56. The number of nitrogens with zero attached hydrogens (tertiary/aromatic N) is 3. The molecule has 2 aliphatic heterocycles. The molecule has 7 nitrogen and oxygen atoms in total. The van der Waals surface area contributed by atoms with E-state index < -0.39 is 0 Å². The monoisotopic (exact) mass is 364 g/mol. The van der Waals surface area contributed by atoms with Crippen LogP contribution < -0.4 is 10.1 Å². The van der Waals surface area contributed by atoms with Crippen molar-refractivity contribution in [1.29, 1.82) is 0 Å². The minimum atomic E-state index is -0.117. The van der Waals surface area contributed by atoms with Crippen LogP contribution in [-0.4, -0.2) is 45.8 Å². The zero-order chi connectivity index (χ0) is 16.9. The van der Waals surface area contributed by atoms with E-state index >= 15 is 0 Å². The van der Waals surface area contributed by atoms with Crippen LogP contribution in [0.4, 0.5) is 5.69 Å². The normalized spacial score (nSPS) is 16.9. The molecule has 1 aromatic carbocycles. The van der Waals surface area contributed by atoms with Gasteiger partial charge in [0.05, 0.1) is 12.9 Å². The summed E-state index contributed by atoms with van der Waals surface area (Å²) in [6, 6.07) is 7.15. The Morgan fingerprint density at radius 1 is 1.42 bits per heavy atom. The maximum Gasteiger partial charge on any atom is 0.248 e. The number of fused-ring (bicyclic) bond motifs is 1. The predicted molar refractivity (Wildman–Crippen MR) is 97.5 cm³/mol. The van der Waals surface area contributed by atoms with Crippen LogP contribution in [0.1, 0.15) is 12.8 Å². The minimum Gasteiger partial charge on any atom is -0.497 e. The third-order valence-electron chi connectivity index (χ3n) is 3.28. The van der Waals surface area contributed by atoms with Gasteiger partial charge in [0.2, 0.25) is 11.8 Å². The second-order valence-electron chi connectivity index (χ2n) is 5.05. The molecule has 24 heavy (non-hydrogen) atoms. The molecule has 2 amide bonds. The van der Waals surface area contributed by atoms with Gasteiger partial charge in [0, 0.05) is 18.7 Å². The van der Waals surface area contributed by atoms with Gasteiger partial charge in [-0.05, 0) is 42.4 Å². The number of anilines is 1. The van der Waals surface area contributed by atoms with Crippen LogP contribution in [0.15, 0.2) is 34.4 Å². The number of carbonyl (C=O) groups excluding carboxylic acids is 2. The molecule has 0 fully saturated rings. The number of methoxy groups -OCH3 is 1. The molecule has 0 atom stereocenters. The largest absolute Gasteiger partial charge is 0.497 e. The maximum absolute atomic E-state index is 12.0. The van der Waals surface area contributed by atoms with E-state index in [1.165, 1.54) is 23.5 Å². The summed E-state index contributed by atoms with van der Waals surface area (Å²) in [5.74, 6) is 0.752. The van der Waals surface area contributed by atoms with Gasteiger partial charge in [-0.25, -0.2) is 5.01 Å². The van der Waals surface area contributed by atoms with Crippen LogP contribution in [0.3, 0.4) is 0 Å². The molecule has 2 aliphatic rings. The number of ether oxygens (including phenoxy) is 1. The van der Waals surface area contributed by atoms with E-state index in [1.54, 1.807) is 36.4 Å². The number of benzene rings is 1. The van der Waals surface area contributed by atoms with Gasteiger partial charge in [-0.3, -0.25) is 9.59 Å². The van der Waals surface area contributed by atoms with Gasteiger partial charge in [0.25, 0.3) is 0 Å². The second-order valence-corrected chi connectivity index (χ2v) is 7.23.